The van der Waals surface area contributed by atoms with Crippen molar-refractivity contribution in [1.29, 1.82) is 0 Å². The third kappa shape index (κ3) is 5.08. The molecule has 2 N–H and O–H groups in total. The van der Waals surface area contributed by atoms with Crippen LogP contribution < -0.4 is 15.4 Å². The molecule has 0 unspecified atom stereocenters. The minimum Gasteiger partial charge on any atom is -0.481 e. The van der Waals surface area contributed by atoms with Gasteiger partial charge in [0.25, 0.3) is 5.91 Å². The quantitative estimate of drug-likeness (QED) is 0.851. The number of ether oxygens (including phenoxy) is 1. The molecule has 0 saturated carbocycles. The van der Waals surface area contributed by atoms with Crippen LogP contribution in [0, 0.1) is 5.82 Å². The van der Waals surface area contributed by atoms with E-state index in [2.05, 4.69) is 10.6 Å². The van der Waals surface area contributed by atoms with Crippen LogP contribution in [-0.2, 0) is 9.59 Å². The molecular formula is C18H19FN2O3. The number of carbonyl (C=O) groups excluding carboxylic acids is 2. The molecule has 126 valence electrons. The fourth-order valence-corrected chi connectivity index (χ4v) is 2.10. The Labute approximate surface area is 139 Å². The van der Waals surface area contributed by atoms with Gasteiger partial charge in [-0.3, -0.25) is 9.59 Å². The van der Waals surface area contributed by atoms with Gasteiger partial charge in [0.15, 0.2) is 6.10 Å². The highest BCUT2D eigenvalue weighted by molar-refractivity contribution is 5.95. The molecule has 2 aromatic carbocycles. The molecule has 0 aliphatic carbocycles. The Morgan fingerprint density at radius 3 is 2.29 bits per heavy atom. The van der Waals surface area contributed by atoms with E-state index in [-0.39, 0.29) is 17.6 Å². The first-order valence-corrected chi connectivity index (χ1v) is 7.58. The number of anilines is 2. The second-order valence-electron chi connectivity index (χ2n) is 5.22. The smallest absolute Gasteiger partial charge is 0.265 e. The van der Waals surface area contributed by atoms with Crippen molar-refractivity contribution in [2.75, 3.05) is 10.6 Å². The Morgan fingerprint density at radius 1 is 1.08 bits per heavy atom. The van der Waals surface area contributed by atoms with Crippen molar-refractivity contribution in [3.05, 3.63) is 54.3 Å². The first-order valence-electron chi connectivity index (χ1n) is 7.58. The number of amides is 2. The minimum atomic E-state index is -0.708. The topological polar surface area (TPSA) is 67.4 Å². The molecule has 2 rings (SSSR count). The van der Waals surface area contributed by atoms with E-state index in [1.807, 2.05) is 6.92 Å². The summed E-state index contributed by atoms with van der Waals surface area (Å²) in [6.07, 6.45) is -0.255. The Hall–Kier alpha value is -2.89. The highest BCUT2D eigenvalue weighted by Gasteiger charge is 2.18. The summed E-state index contributed by atoms with van der Waals surface area (Å²) >= 11 is 0. The fraction of sp³-hybridized carbons (Fsp3) is 0.222. The van der Waals surface area contributed by atoms with Crippen LogP contribution >= 0.6 is 0 Å². The second kappa shape index (κ2) is 8.10. The van der Waals surface area contributed by atoms with Gasteiger partial charge in [-0.1, -0.05) is 13.0 Å². The van der Waals surface area contributed by atoms with Gasteiger partial charge in [-0.25, -0.2) is 4.39 Å². The number of halogens is 1. The summed E-state index contributed by atoms with van der Waals surface area (Å²) in [4.78, 5) is 23.4. The van der Waals surface area contributed by atoms with Gasteiger partial charge in [0.1, 0.15) is 11.6 Å². The fourth-order valence-electron chi connectivity index (χ4n) is 2.10. The summed E-state index contributed by atoms with van der Waals surface area (Å²) in [6, 6.07) is 12.3. The molecule has 0 aromatic heterocycles. The average Bonchev–Trinajstić information content (AvgIpc) is 2.54. The molecule has 0 aliphatic rings. The summed E-state index contributed by atoms with van der Waals surface area (Å²) < 4.78 is 18.5. The number of nitrogens with one attached hydrogen (secondary N) is 2. The van der Waals surface area contributed by atoms with Crippen LogP contribution in [0.1, 0.15) is 20.3 Å². The molecule has 0 saturated heterocycles. The van der Waals surface area contributed by atoms with Gasteiger partial charge in [-0.05, 0) is 48.9 Å². The van der Waals surface area contributed by atoms with Gasteiger partial charge >= 0.3 is 0 Å². The van der Waals surface area contributed by atoms with Crippen LogP contribution in [0.5, 0.6) is 5.75 Å². The van der Waals surface area contributed by atoms with Crippen molar-refractivity contribution in [3.8, 4) is 5.75 Å². The number of carbonyl (C=O) groups is 2. The van der Waals surface area contributed by atoms with Gasteiger partial charge in [0, 0.05) is 18.3 Å². The standard InChI is InChI=1S/C18H19FN2O3/c1-3-17(24-16-9-7-13(19)8-10-16)18(23)21-15-6-4-5-14(11-15)20-12(2)22/h4-11,17H,3H2,1-2H3,(H,20,22)(H,21,23)/t17-/m0/s1. The molecule has 2 amide bonds. The first-order chi connectivity index (χ1) is 11.5. The Morgan fingerprint density at radius 2 is 1.71 bits per heavy atom. The van der Waals surface area contributed by atoms with E-state index in [0.29, 0.717) is 23.5 Å². The zero-order valence-corrected chi connectivity index (χ0v) is 13.5. The zero-order chi connectivity index (χ0) is 17.5. The van der Waals surface area contributed by atoms with E-state index >= 15 is 0 Å². The molecule has 0 heterocycles. The third-order valence-electron chi connectivity index (χ3n) is 3.21. The molecule has 0 aliphatic heterocycles. The van der Waals surface area contributed by atoms with Gasteiger partial charge < -0.3 is 15.4 Å². The lowest BCUT2D eigenvalue weighted by Crippen LogP contribution is -2.32. The SMILES string of the molecule is CC[C@H](Oc1ccc(F)cc1)C(=O)Nc1cccc(NC(C)=O)c1. The molecular weight excluding hydrogens is 311 g/mol. The molecule has 2 aromatic rings. The third-order valence-corrected chi connectivity index (χ3v) is 3.21. The van der Waals surface area contributed by atoms with Crippen molar-refractivity contribution in [2.45, 2.75) is 26.4 Å². The van der Waals surface area contributed by atoms with Crippen molar-refractivity contribution < 1.29 is 18.7 Å². The molecule has 6 heteroatoms. The zero-order valence-electron chi connectivity index (χ0n) is 13.5. The number of hydrogen-bond acceptors (Lipinski definition) is 3. The maximum absolute atomic E-state index is 12.9. The predicted octanol–water partition coefficient (Wildman–Crippen LogP) is 3.58. The highest BCUT2D eigenvalue weighted by Crippen LogP contribution is 2.18. The minimum absolute atomic E-state index is 0.190. The Kier molecular flexibility index (Phi) is 5.89. The molecule has 0 spiro atoms. The van der Waals surface area contributed by atoms with Crippen molar-refractivity contribution in [2.24, 2.45) is 0 Å². The average molecular weight is 330 g/mol. The lowest BCUT2D eigenvalue weighted by Gasteiger charge is -2.17. The molecule has 24 heavy (non-hydrogen) atoms. The van der Waals surface area contributed by atoms with Crippen LogP contribution in [0.15, 0.2) is 48.5 Å². The van der Waals surface area contributed by atoms with E-state index in [4.69, 9.17) is 4.74 Å². The van der Waals surface area contributed by atoms with Crippen molar-refractivity contribution in [1.82, 2.24) is 0 Å². The van der Waals surface area contributed by atoms with E-state index in [0.717, 1.165) is 0 Å². The van der Waals surface area contributed by atoms with Crippen molar-refractivity contribution >= 4 is 23.2 Å². The van der Waals surface area contributed by atoms with E-state index in [1.54, 1.807) is 24.3 Å². The van der Waals surface area contributed by atoms with Gasteiger partial charge in [-0.15, -0.1) is 0 Å². The van der Waals surface area contributed by atoms with Crippen molar-refractivity contribution in [3.63, 3.8) is 0 Å². The molecule has 1 atom stereocenters. The Bertz CT molecular complexity index is 716. The van der Waals surface area contributed by atoms with Crippen LogP contribution in [0.2, 0.25) is 0 Å². The highest BCUT2D eigenvalue weighted by atomic mass is 19.1. The predicted molar refractivity (Wildman–Crippen MR) is 90.5 cm³/mol. The second-order valence-corrected chi connectivity index (χ2v) is 5.22. The molecule has 0 radical (unpaired) electrons. The first kappa shape index (κ1) is 17.5. The summed E-state index contributed by atoms with van der Waals surface area (Å²) in [5.74, 6) is -0.452. The maximum atomic E-state index is 12.9. The molecule has 0 bridgehead atoms. The lowest BCUT2D eigenvalue weighted by molar-refractivity contribution is -0.122. The maximum Gasteiger partial charge on any atom is 0.265 e. The summed E-state index contributed by atoms with van der Waals surface area (Å²) in [5.41, 5.74) is 1.14. The monoisotopic (exact) mass is 330 g/mol. The van der Waals surface area contributed by atoms with Crippen LogP contribution in [-0.4, -0.2) is 17.9 Å². The van der Waals surface area contributed by atoms with Crippen LogP contribution in [0.25, 0.3) is 0 Å². The lowest BCUT2D eigenvalue weighted by atomic mass is 10.2. The summed E-state index contributed by atoms with van der Waals surface area (Å²) in [5, 5.41) is 5.40. The van der Waals surface area contributed by atoms with Gasteiger partial charge in [0.2, 0.25) is 5.91 Å². The number of rotatable bonds is 6. The van der Waals surface area contributed by atoms with E-state index in [1.165, 1.54) is 31.2 Å². The van der Waals surface area contributed by atoms with Gasteiger partial charge in [-0.2, -0.15) is 0 Å². The normalized spacial score (nSPS) is 11.5. The van der Waals surface area contributed by atoms with Crippen LogP contribution in [0.4, 0.5) is 15.8 Å². The molecule has 5 nitrogen and oxygen atoms in total. The Balaban J connectivity index is 2.03. The van der Waals surface area contributed by atoms with E-state index < -0.39 is 6.10 Å². The largest absolute Gasteiger partial charge is 0.481 e. The number of benzene rings is 2. The summed E-state index contributed by atoms with van der Waals surface area (Å²) in [6.45, 7) is 3.23. The van der Waals surface area contributed by atoms with E-state index in [9.17, 15) is 14.0 Å². The molecule has 0 fully saturated rings. The van der Waals surface area contributed by atoms with Crippen LogP contribution in [0.3, 0.4) is 0 Å². The summed E-state index contributed by atoms with van der Waals surface area (Å²) in [7, 11) is 0. The van der Waals surface area contributed by atoms with Gasteiger partial charge in [0.05, 0.1) is 0 Å². The number of hydrogen-bond donors (Lipinski definition) is 2.